The summed E-state index contributed by atoms with van der Waals surface area (Å²) in [6.07, 6.45) is 6.97. The molecule has 1 heteroatoms. The van der Waals surface area contributed by atoms with Gasteiger partial charge in [0.15, 0.2) is 0 Å². The first-order valence-corrected chi connectivity index (χ1v) is 43.4. The van der Waals surface area contributed by atoms with Gasteiger partial charge in [-0.1, -0.05) is 387 Å². The molecule has 1 nitrogen and oxygen atoms in total. The van der Waals surface area contributed by atoms with E-state index in [1.807, 2.05) is 0 Å². The maximum atomic E-state index is 5.52. The van der Waals surface area contributed by atoms with E-state index in [0.29, 0.717) is 5.92 Å². The third kappa shape index (κ3) is 23.6. The van der Waals surface area contributed by atoms with Crippen LogP contribution in [0.3, 0.4) is 0 Å². The molecule has 1 fully saturated rings. The molecule has 1 saturated carbocycles. The summed E-state index contributed by atoms with van der Waals surface area (Å²) in [5.74, 6) is 2.30. The van der Waals surface area contributed by atoms with Crippen molar-refractivity contribution in [3.63, 3.8) is 0 Å². The summed E-state index contributed by atoms with van der Waals surface area (Å²) in [7, 11) is 1.74. The van der Waals surface area contributed by atoms with Crippen LogP contribution in [0.5, 0.6) is 5.75 Å². The van der Waals surface area contributed by atoms with E-state index < -0.39 is 0 Å². The molecule has 0 spiro atoms. The highest BCUT2D eigenvalue weighted by molar-refractivity contribution is 5.94. The molecule has 1 aliphatic carbocycles. The number of hydrogen-bond donors (Lipinski definition) is 0. The molecule has 0 bridgehead atoms. The Bertz CT molecular complexity index is 5280. The molecule has 0 heterocycles. The number of aryl methyl sites for hydroxylation is 9. The normalized spacial score (nSPS) is 13.1. The van der Waals surface area contributed by atoms with Crippen molar-refractivity contribution in [2.75, 3.05) is 7.11 Å². The van der Waals surface area contributed by atoms with E-state index >= 15 is 0 Å². The zero-order valence-corrected chi connectivity index (χ0v) is 79.5. The summed E-state index contributed by atoms with van der Waals surface area (Å²) < 4.78 is 5.52. The Labute approximate surface area is 702 Å². The molecular formula is C114H154O. The number of methoxy groups -OCH3 is 1. The maximum Gasteiger partial charge on any atom is 0.126 e. The zero-order chi connectivity index (χ0) is 86.2. The highest BCUT2D eigenvalue weighted by Crippen LogP contribution is 2.44. The van der Waals surface area contributed by atoms with Crippen LogP contribution < -0.4 is 4.74 Å². The van der Waals surface area contributed by atoms with E-state index in [1.165, 1.54) is 192 Å². The van der Waals surface area contributed by atoms with Crippen LogP contribution in [0.4, 0.5) is 0 Å². The number of fused-ring (bicyclic) bond motifs is 5. The van der Waals surface area contributed by atoms with Crippen LogP contribution in [-0.2, 0) is 43.3 Å². The molecule has 13 rings (SSSR count). The van der Waals surface area contributed by atoms with Crippen molar-refractivity contribution in [2.24, 2.45) is 0 Å². The van der Waals surface area contributed by atoms with Crippen LogP contribution in [0, 0.1) is 69.2 Å². The molecular weight excluding hydrogens is 1390 g/mol. The summed E-state index contributed by atoms with van der Waals surface area (Å²) in [5, 5.41) is 13.9. The van der Waals surface area contributed by atoms with E-state index in [4.69, 9.17) is 4.74 Å². The van der Waals surface area contributed by atoms with Gasteiger partial charge in [0.1, 0.15) is 5.75 Å². The molecule has 0 aromatic heterocycles. The van der Waals surface area contributed by atoms with Crippen molar-refractivity contribution in [3.05, 3.63) is 299 Å². The molecule has 12 aromatic rings. The fraction of sp³-hybridized carbons (Fsp3) is 0.456. The number of hydrogen-bond acceptors (Lipinski definition) is 1. The van der Waals surface area contributed by atoms with E-state index in [0.717, 1.165) is 11.7 Å². The van der Waals surface area contributed by atoms with Crippen molar-refractivity contribution < 1.29 is 4.74 Å². The van der Waals surface area contributed by atoms with E-state index in [-0.39, 0.29) is 43.3 Å². The molecule has 0 unspecified atom stereocenters. The summed E-state index contributed by atoms with van der Waals surface area (Å²) in [6.45, 7) is 81.6. The minimum Gasteiger partial charge on any atom is -0.496 e. The van der Waals surface area contributed by atoms with Gasteiger partial charge in [-0.3, -0.25) is 0 Å². The van der Waals surface area contributed by atoms with Crippen LogP contribution in [0.1, 0.15) is 335 Å². The van der Waals surface area contributed by atoms with Gasteiger partial charge >= 0.3 is 0 Å². The molecule has 616 valence electrons. The average molecular weight is 1540 g/mol. The minimum absolute atomic E-state index is 0.140. The molecule has 0 saturated heterocycles. The van der Waals surface area contributed by atoms with Crippen molar-refractivity contribution in [2.45, 2.75) is 337 Å². The summed E-state index contributed by atoms with van der Waals surface area (Å²) >= 11 is 0. The Balaban J connectivity index is 0.000000187. The quantitative estimate of drug-likeness (QED) is 0.171. The second kappa shape index (κ2) is 37.6. The van der Waals surface area contributed by atoms with Gasteiger partial charge in [0.05, 0.1) is 7.11 Å². The Kier molecular flexibility index (Phi) is 30.7. The van der Waals surface area contributed by atoms with Gasteiger partial charge in [-0.05, 0) is 297 Å². The summed E-state index contributed by atoms with van der Waals surface area (Å²) in [5.41, 5.74) is 30.6. The third-order valence-electron chi connectivity index (χ3n) is 24.1. The predicted molar refractivity (Wildman–Crippen MR) is 516 cm³/mol. The van der Waals surface area contributed by atoms with E-state index in [9.17, 15) is 0 Å². The van der Waals surface area contributed by atoms with Crippen LogP contribution in [0.2, 0.25) is 0 Å². The first-order valence-electron chi connectivity index (χ1n) is 43.4. The Hall–Kier alpha value is -8.26. The van der Waals surface area contributed by atoms with Gasteiger partial charge in [-0.2, -0.15) is 0 Å². The van der Waals surface area contributed by atoms with Gasteiger partial charge in [-0.15, -0.1) is 0 Å². The van der Waals surface area contributed by atoms with Crippen LogP contribution >= 0.6 is 0 Å². The first-order chi connectivity index (χ1) is 53.1. The second-order valence-corrected chi connectivity index (χ2v) is 42.3. The highest BCUT2D eigenvalue weighted by Gasteiger charge is 2.28. The molecule has 0 radical (unpaired) electrons. The molecule has 115 heavy (non-hydrogen) atoms. The van der Waals surface area contributed by atoms with Crippen LogP contribution in [-0.4, -0.2) is 7.11 Å². The number of benzene rings is 12. The molecule has 0 atom stereocenters. The standard InChI is InChI=1S/C21H28.C19H26.C18H24.C16H20O.C16H20.C13H20.C11H16/c1-15-17-12-8-9-13-18(17)19(14-20(15)21(2,3)4)16-10-6-5-7-11-16;1-13-14-10-8-9-11-15(14)17(19(5,6)7)12-16(13)18(2,3)4;1-12(2)16-11-17(18(4,5)6)13(3)14-9-7-8-10-15(14)16;1-11-12-8-6-7-9-13(12)15(17-5)10-14(11)16(2,3)4;1-11-10-15(16(3,4)5)12(2)14-9-7-6-8-13(11)14;1-9-7-10(2)11(3)12(8-9)13(4,5)6;1-9-7-5-6-8-10(9)11(2,3)4/h8-9,12-14,16H,5-7,10-11H2,1-4H3;8-12H,1-7H3;7-12H,1-6H3;6-10H,1-5H3;6-10H,1-5H3;7-8H,1-6H3;5-8H,1-4H3. The Morgan fingerprint density at radius 2 is 0.565 bits per heavy atom. The SMILES string of the molecule is COc1cc(C(C)(C)C)c(C)c2ccccc12.Cc1c(C(C)(C)C)cc(C(C)(C)C)c2ccccc12.Cc1c(C(C)(C)C)cc(C(C)C)c2ccccc12.Cc1c(C(C)(C)C)cc(C2CCCCC2)c2ccccc12.Cc1cc(C(C)(C)C)c(C)c2ccccc12.Cc1cc(C)c(C)c(C(C)(C)C)c1.Cc1ccccc1C(C)(C)C. The fourth-order valence-electron chi connectivity index (χ4n) is 18.0. The smallest absolute Gasteiger partial charge is 0.126 e. The van der Waals surface area contributed by atoms with Crippen LogP contribution in [0.15, 0.2) is 188 Å². The predicted octanol–water partition coefficient (Wildman–Crippen LogP) is 34.2. The van der Waals surface area contributed by atoms with Crippen molar-refractivity contribution in [1.29, 1.82) is 0 Å². The number of ether oxygens (including phenoxy) is 1. The fourth-order valence-corrected chi connectivity index (χ4v) is 18.0. The zero-order valence-electron chi connectivity index (χ0n) is 79.5. The van der Waals surface area contributed by atoms with Gasteiger partial charge < -0.3 is 4.74 Å². The second-order valence-electron chi connectivity index (χ2n) is 42.3. The van der Waals surface area contributed by atoms with Crippen molar-refractivity contribution >= 4 is 53.9 Å². The lowest BCUT2D eigenvalue weighted by Crippen LogP contribution is -2.18. The molecule has 1 aliphatic rings. The first kappa shape index (κ1) is 93.9. The van der Waals surface area contributed by atoms with Gasteiger partial charge in [-0.25, -0.2) is 0 Å². The lowest BCUT2D eigenvalue weighted by molar-refractivity contribution is 0.417. The Morgan fingerprint density at radius 3 is 0.974 bits per heavy atom. The lowest BCUT2D eigenvalue weighted by Gasteiger charge is -2.29. The lowest BCUT2D eigenvalue weighted by atomic mass is 9.76. The van der Waals surface area contributed by atoms with E-state index in [1.54, 1.807) is 12.7 Å². The Morgan fingerprint density at radius 1 is 0.252 bits per heavy atom. The number of rotatable bonds is 3. The summed E-state index contributed by atoms with van der Waals surface area (Å²) in [6, 6.07) is 68.8. The summed E-state index contributed by atoms with van der Waals surface area (Å²) in [4.78, 5) is 0. The van der Waals surface area contributed by atoms with Crippen molar-refractivity contribution in [1.82, 2.24) is 0 Å². The van der Waals surface area contributed by atoms with E-state index in [2.05, 4.69) is 437 Å². The van der Waals surface area contributed by atoms with Crippen LogP contribution in [0.25, 0.3) is 53.9 Å². The molecule has 0 N–H and O–H groups in total. The average Bonchev–Trinajstić information content (AvgIpc) is 0.778. The topological polar surface area (TPSA) is 9.23 Å². The third-order valence-corrected chi connectivity index (χ3v) is 24.1. The van der Waals surface area contributed by atoms with Gasteiger partial charge in [0, 0.05) is 5.39 Å². The minimum atomic E-state index is 0.140. The van der Waals surface area contributed by atoms with Gasteiger partial charge in [0.2, 0.25) is 0 Å². The monoisotopic (exact) mass is 1540 g/mol. The maximum absolute atomic E-state index is 5.52. The van der Waals surface area contributed by atoms with Crippen molar-refractivity contribution in [3.8, 4) is 5.75 Å². The highest BCUT2D eigenvalue weighted by atomic mass is 16.5. The van der Waals surface area contributed by atoms with Gasteiger partial charge in [0.25, 0.3) is 0 Å². The largest absolute Gasteiger partial charge is 0.496 e. The molecule has 0 aliphatic heterocycles. The molecule has 12 aromatic carbocycles. The molecule has 0 amide bonds.